The molecule has 1 rings (SSSR count). The van der Waals surface area contributed by atoms with Crippen molar-refractivity contribution in [3.63, 3.8) is 0 Å². The maximum atomic E-state index is 11.1. The van der Waals surface area contributed by atoms with Crippen LogP contribution in [0.25, 0.3) is 0 Å². The highest BCUT2D eigenvalue weighted by molar-refractivity contribution is 8.00. The van der Waals surface area contributed by atoms with Gasteiger partial charge in [-0.15, -0.1) is 11.8 Å². The minimum absolute atomic E-state index is 0.128. The van der Waals surface area contributed by atoms with E-state index < -0.39 is 5.97 Å². The van der Waals surface area contributed by atoms with Gasteiger partial charge in [-0.1, -0.05) is 31.5 Å². The molecule has 0 saturated carbocycles. The van der Waals surface area contributed by atoms with Crippen LogP contribution in [-0.4, -0.2) is 16.3 Å². The molecule has 0 aliphatic carbocycles. The number of benzene rings is 1. The molecule has 2 nitrogen and oxygen atoms in total. The van der Waals surface area contributed by atoms with Gasteiger partial charge in [0.05, 0.1) is 0 Å². The molecule has 0 radical (unpaired) electrons. The van der Waals surface area contributed by atoms with Gasteiger partial charge >= 0.3 is 5.97 Å². The molecule has 0 heterocycles. The van der Waals surface area contributed by atoms with Crippen LogP contribution in [0.5, 0.6) is 0 Å². The third kappa shape index (κ3) is 3.27. The molecule has 1 N–H and O–H groups in total. The topological polar surface area (TPSA) is 37.3 Å². The first kappa shape index (κ1) is 13.1. The number of thioether (sulfide) groups is 1. The summed E-state index contributed by atoms with van der Waals surface area (Å²) in [6.45, 7) is 7.94. The number of carbonyl (C=O) groups is 1. The number of rotatable bonds is 4. The van der Waals surface area contributed by atoms with Crippen LogP contribution >= 0.6 is 11.8 Å². The summed E-state index contributed by atoms with van der Waals surface area (Å²) in [6.07, 6.45) is 0. The molecule has 0 amide bonds. The summed E-state index contributed by atoms with van der Waals surface area (Å²) in [5.41, 5.74) is 2.36. The predicted molar refractivity (Wildman–Crippen MR) is 68.0 cm³/mol. The van der Waals surface area contributed by atoms with Gasteiger partial charge in [0.25, 0.3) is 0 Å². The first-order chi connectivity index (χ1) is 7.41. The zero-order chi connectivity index (χ0) is 12.3. The minimum Gasteiger partial charge on any atom is -0.480 e. The molecular formula is C13H18O2S. The molecule has 1 atom stereocenters. The lowest BCUT2D eigenvalue weighted by atomic mass is 10.1. The average molecular weight is 238 g/mol. The number of hydrogen-bond donors (Lipinski definition) is 1. The van der Waals surface area contributed by atoms with E-state index in [4.69, 9.17) is 5.11 Å². The van der Waals surface area contributed by atoms with Crippen LogP contribution in [0.3, 0.4) is 0 Å². The van der Waals surface area contributed by atoms with Gasteiger partial charge < -0.3 is 5.11 Å². The lowest BCUT2D eigenvalue weighted by molar-refractivity contribution is -0.137. The quantitative estimate of drug-likeness (QED) is 0.816. The van der Waals surface area contributed by atoms with Gasteiger partial charge in [-0.3, -0.25) is 4.79 Å². The summed E-state index contributed by atoms with van der Waals surface area (Å²) < 4.78 is 0. The largest absolute Gasteiger partial charge is 0.480 e. The summed E-state index contributed by atoms with van der Waals surface area (Å²) in [5, 5.41) is 8.76. The molecule has 0 fully saturated rings. The summed E-state index contributed by atoms with van der Waals surface area (Å²) in [5.74, 6) is -0.608. The van der Waals surface area contributed by atoms with E-state index in [1.54, 1.807) is 0 Å². The summed E-state index contributed by atoms with van der Waals surface area (Å²) in [4.78, 5) is 12.2. The smallest absolute Gasteiger partial charge is 0.317 e. The Hall–Kier alpha value is -0.960. The monoisotopic (exact) mass is 238 g/mol. The number of aryl methyl sites for hydroxylation is 2. The molecule has 0 aromatic heterocycles. The van der Waals surface area contributed by atoms with Crippen molar-refractivity contribution in [3.05, 3.63) is 29.3 Å². The number of aliphatic carboxylic acids is 1. The van der Waals surface area contributed by atoms with Crippen LogP contribution in [0.15, 0.2) is 23.1 Å². The average Bonchev–Trinajstić information content (AvgIpc) is 2.15. The van der Waals surface area contributed by atoms with Crippen molar-refractivity contribution in [2.24, 2.45) is 5.92 Å². The first-order valence-electron chi connectivity index (χ1n) is 5.38. The predicted octanol–water partition coefficient (Wildman–Crippen LogP) is 3.50. The van der Waals surface area contributed by atoms with Gasteiger partial charge in [0, 0.05) is 4.90 Å². The Bertz CT molecular complexity index is 386. The molecule has 0 spiro atoms. The standard InChI is InChI=1S/C13H18O2S/c1-8(2)12(13(14)15)16-11-6-5-9(3)7-10(11)4/h5-8,12H,1-4H3,(H,14,15). The van der Waals surface area contributed by atoms with Crippen molar-refractivity contribution >= 4 is 17.7 Å². The van der Waals surface area contributed by atoms with Crippen LogP contribution in [0.1, 0.15) is 25.0 Å². The first-order valence-corrected chi connectivity index (χ1v) is 6.26. The van der Waals surface area contributed by atoms with E-state index in [2.05, 4.69) is 6.07 Å². The second kappa shape index (κ2) is 5.39. The molecular weight excluding hydrogens is 220 g/mol. The van der Waals surface area contributed by atoms with Crippen LogP contribution in [0.4, 0.5) is 0 Å². The molecule has 0 saturated heterocycles. The van der Waals surface area contributed by atoms with Crippen LogP contribution in [0.2, 0.25) is 0 Å². The van der Waals surface area contributed by atoms with E-state index in [1.165, 1.54) is 17.3 Å². The van der Waals surface area contributed by atoms with Gasteiger partial charge in [-0.25, -0.2) is 0 Å². The SMILES string of the molecule is Cc1ccc(SC(C(=O)O)C(C)C)c(C)c1. The summed E-state index contributed by atoms with van der Waals surface area (Å²) in [6, 6.07) is 6.11. The van der Waals surface area contributed by atoms with E-state index in [-0.39, 0.29) is 11.2 Å². The van der Waals surface area contributed by atoms with Gasteiger partial charge in [0.2, 0.25) is 0 Å². The fourth-order valence-electron chi connectivity index (χ4n) is 1.54. The molecule has 1 aromatic carbocycles. The Balaban J connectivity index is 2.90. The van der Waals surface area contributed by atoms with E-state index in [1.807, 2.05) is 39.8 Å². The van der Waals surface area contributed by atoms with Crippen LogP contribution in [0, 0.1) is 19.8 Å². The van der Waals surface area contributed by atoms with E-state index in [0.717, 1.165) is 10.5 Å². The van der Waals surface area contributed by atoms with E-state index in [9.17, 15) is 4.79 Å². The van der Waals surface area contributed by atoms with Gasteiger partial charge in [0.15, 0.2) is 0 Å². The molecule has 3 heteroatoms. The summed E-state index contributed by atoms with van der Waals surface area (Å²) in [7, 11) is 0. The lowest BCUT2D eigenvalue weighted by Crippen LogP contribution is -2.22. The van der Waals surface area contributed by atoms with Crippen molar-refractivity contribution in [2.75, 3.05) is 0 Å². The fraction of sp³-hybridized carbons (Fsp3) is 0.462. The minimum atomic E-state index is -0.736. The highest BCUT2D eigenvalue weighted by atomic mass is 32.2. The Labute approximate surface area is 101 Å². The maximum absolute atomic E-state index is 11.1. The van der Waals surface area contributed by atoms with Crippen LogP contribution < -0.4 is 0 Å². The summed E-state index contributed by atoms with van der Waals surface area (Å²) >= 11 is 1.44. The molecule has 1 aromatic rings. The highest BCUT2D eigenvalue weighted by Crippen LogP contribution is 2.31. The highest BCUT2D eigenvalue weighted by Gasteiger charge is 2.23. The number of carboxylic acids is 1. The number of carboxylic acid groups (broad SMARTS) is 1. The third-order valence-electron chi connectivity index (χ3n) is 2.43. The van der Waals surface area contributed by atoms with Gasteiger partial charge in [-0.05, 0) is 31.4 Å². The zero-order valence-corrected chi connectivity index (χ0v) is 11.0. The van der Waals surface area contributed by atoms with E-state index >= 15 is 0 Å². The Morgan fingerprint density at radius 1 is 1.31 bits per heavy atom. The molecule has 88 valence electrons. The van der Waals surface area contributed by atoms with Crippen molar-refractivity contribution in [1.82, 2.24) is 0 Å². The second-order valence-corrected chi connectivity index (χ2v) is 5.57. The Morgan fingerprint density at radius 3 is 2.38 bits per heavy atom. The maximum Gasteiger partial charge on any atom is 0.317 e. The number of hydrogen-bond acceptors (Lipinski definition) is 2. The molecule has 1 unspecified atom stereocenters. The Kier molecular flexibility index (Phi) is 4.42. The molecule has 16 heavy (non-hydrogen) atoms. The molecule has 0 bridgehead atoms. The van der Waals surface area contributed by atoms with Crippen LogP contribution in [-0.2, 0) is 4.79 Å². The molecule has 0 aliphatic rings. The van der Waals surface area contributed by atoms with Crippen molar-refractivity contribution in [1.29, 1.82) is 0 Å². The lowest BCUT2D eigenvalue weighted by Gasteiger charge is -2.17. The van der Waals surface area contributed by atoms with Gasteiger partial charge in [0.1, 0.15) is 5.25 Å². The second-order valence-electron chi connectivity index (χ2n) is 4.39. The van der Waals surface area contributed by atoms with Crippen molar-refractivity contribution in [2.45, 2.75) is 37.8 Å². The van der Waals surface area contributed by atoms with Crippen molar-refractivity contribution in [3.8, 4) is 0 Å². The Morgan fingerprint density at radius 2 is 1.94 bits per heavy atom. The van der Waals surface area contributed by atoms with E-state index in [0.29, 0.717) is 0 Å². The van der Waals surface area contributed by atoms with Crippen molar-refractivity contribution < 1.29 is 9.90 Å². The fourth-order valence-corrected chi connectivity index (χ4v) is 2.58. The molecule has 0 aliphatic heterocycles. The normalized spacial score (nSPS) is 12.8. The third-order valence-corrected chi connectivity index (χ3v) is 4.15. The van der Waals surface area contributed by atoms with Gasteiger partial charge in [-0.2, -0.15) is 0 Å². The zero-order valence-electron chi connectivity index (χ0n) is 10.2.